The smallest absolute Gasteiger partial charge is 0.337 e. The van der Waals surface area contributed by atoms with E-state index in [1.165, 1.54) is 88.9 Å². The molecule has 0 spiro atoms. The van der Waals surface area contributed by atoms with E-state index in [4.69, 9.17) is 4.74 Å². The average molecular weight is 383 g/mol. The van der Waals surface area contributed by atoms with Gasteiger partial charge >= 0.3 is 5.97 Å². The Morgan fingerprint density at radius 1 is 0.964 bits per heavy atom. The molecule has 0 amide bonds. The molecule has 0 bridgehead atoms. The maximum absolute atomic E-state index is 11.8. The van der Waals surface area contributed by atoms with Gasteiger partial charge in [0.2, 0.25) is 0 Å². The molecule has 28 heavy (non-hydrogen) atoms. The van der Waals surface area contributed by atoms with Crippen molar-refractivity contribution in [2.24, 2.45) is 29.6 Å². The van der Waals surface area contributed by atoms with Crippen molar-refractivity contribution in [3.63, 3.8) is 0 Å². The van der Waals surface area contributed by atoms with E-state index in [-0.39, 0.29) is 5.97 Å². The minimum Gasteiger partial charge on any atom is -0.465 e. The second kappa shape index (κ2) is 9.01. The molecule has 3 aliphatic carbocycles. The molecule has 0 radical (unpaired) electrons. The summed E-state index contributed by atoms with van der Waals surface area (Å²) in [7, 11) is 1.46. The lowest BCUT2D eigenvalue weighted by Crippen LogP contribution is -2.35. The van der Waals surface area contributed by atoms with Gasteiger partial charge in [-0.05, 0) is 104 Å². The van der Waals surface area contributed by atoms with Crippen LogP contribution in [0, 0.1) is 29.6 Å². The summed E-state index contributed by atoms with van der Waals surface area (Å²) in [5.74, 6) is 4.66. The fourth-order valence-corrected chi connectivity index (χ4v) is 6.64. The summed E-state index contributed by atoms with van der Waals surface area (Å²) in [6, 6.07) is 6.23. The van der Waals surface area contributed by atoms with E-state index < -0.39 is 0 Å². The standard InChI is InChI=1S/C26H38O2/c1-3-4-5-18-6-7-20-15-21(9-8-19(20)14-18)22-10-11-24-17-25(26(27)28-2)13-12-23(24)16-22/h12-13,17-22H,3-11,14-16H2,1-2H3. The van der Waals surface area contributed by atoms with Gasteiger partial charge in [0.15, 0.2) is 0 Å². The van der Waals surface area contributed by atoms with Gasteiger partial charge in [-0.25, -0.2) is 4.79 Å². The van der Waals surface area contributed by atoms with E-state index in [0.29, 0.717) is 5.56 Å². The van der Waals surface area contributed by atoms with Gasteiger partial charge in [-0.3, -0.25) is 0 Å². The van der Waals surface area contributed by atoms with Crippen molar-refractivity contribution in [3.8, 4) is 0 Å². The minimum absolute atomic E-state index is 0.210. The zero-order valence-corrected chi connectivity index (χ0v) is 17.9. The third-order valence-electron chi connectivity index (χ3n) is 8.29. The Kier molecular flexibility index (Phi) is 6.43. The predicted octanol–water partition coefficient (Wildman–Crippen LogP) is 6.60. The van der Waals surface area contributed by atoms with Gasteiger partial charge in [-0.1, -0.05) is 38.7 Å². The quantitative estimate of drug-likeness (QED) is 0.536. The Balaban J connectivity index is 1.34. The molecule has 5 unspecified atom stereocenters. The summed E-state index contributed by atoms with van der Waals surface area (Å²) in [5, 5.41) is 0. The van der Waals surface area contributed by atoms with Crippen molar-refractivity contribution in [1.29, 1.82) is 0 Å². The van der Waals surface area contributed by atoms with Gasteiger partial charge in [0.05, 0.1) is 12.7 Å². The fourth-order valence-electron chi connectivity index (χ4n) is 6.64. The molecular weight excluding hydrogens is 344 g/mol. The summed E-state index contributed by atoms with van der Waals surface area (Å²) in [5.41, 5.74) is 3.57. The van der Waals surface area contributed by atoms with Gasteiger partial charge in [0, 0.05) is 0 Å². The second-order valence-corrected chi connectivity index (χ2v) is 9.89. The van der Waals surface area contributed by atoms with E-state index in [1.54, 1.807) is 0 Å². The molecule has 4 rings (SSSR count). The molecule has 1 aromatic rings. The molecule has 154 valence electrons. The molecule has 5 atom stereocenters. The lowest BCUT2D eigenvalue weighted by molar-refractivity contribution is 0.0600. The summed E-state index contributed by atoms with van der Waals surface area (Å²) in [6.45, 7) is 2.33. The molecular formula is C26H38O2. The SMILES string of the molecule is CCCCC1CCC2CC(C3CCc4cc(C(=O)OC)ccc4C3)CCC2C1. The first kappa shape index (κ1) is 20.0. The molecule has 1 aromatic carbocycles. The second-order valence-electron chi connectivity index (χ2n) is 9.89. The molecule has 0 aliphatic heterocycles. The first-order chi connectivity index (χ1) is 13.7. The third kappa shape index (κ3) is 4.31. The zero-order chi connectivity index (χ0) is 19.5. The van der Waals surface area contributed by atoms with Crippen LogP contribution in [0.3, 0.4) is 0 Å². The third-order valence-corrected chi connectivity index (χ3v) is 8.29. The zero-order valence-electron chi connectivity index (χ0n) is 17.9. The maximum atomic E-state index is 11.8. The van der Waals surface area contributed by atoms with Gasteiger partial charge in [-0.2, -0.15) is 0 Å². The first-order valence-corrected chi connectivity index (χ1v) is 11.9. The number of carbonyl (C=O) groups excluding carboxylic acids is 1. The topological polar surface area (TPSA) is 26.3 Å². The number of hydrogen-bond donors (Lipinski definition) is 0. The van der Waals surface area contributed by atoms with Crippen LogP contribution in [-0.4, -0.2) is 13.1 Å². The number of esters is 1. The van der Waals surface area contributed by atoms with Gasteiger partial charge in [-0.15, -0.1) is 0 Å². The molecule has 2 saturated carbocycles. The van der Waals surface area contributed by atoms with Gasteiger partial charge < -0.3 is 4.74 Å². The fraction of sp³-hybridized carbons (Fsp3) is 0.731. The summed E-state index contributed by atoms with van der Waals surface area (Å²) in [6.07, 6.45) is 16.9. The van der Waals surface area contributed by atoms with Gasteiger partial charge in [0.1, 0.15) is 0 Å². The van der Waals surface area contributed by atoms with Crippen molar-refractivity contribution in [2.45, 2.75) is 84.0 Å². The van der Waals surface area contributed by atoms with Crippen molar-refractivity contribution < 1.29 is 9.53 Å². The van der Waals surface area contributed by atoms with E-state index >= 15 is 0 Å². The number of methoxy groups -OCH3 is 1. The molecule has 0 saturated heterocycles. The summed E-state index contributed by atoms with van der Waals surface area (Å²) in [4.78, 5) is 11.8. The molecule has 2 fully saturated rings. The van der Waals surface area contributed by atoms with Crippen LogP contribution >= 0.6 is 0 Å². The highest BCUT2D eigenvalue weighted by atomic mass is 16.5. The Hall–Kier alpha value is -1.31. The average Bonchev–Trinajstić information content (AvgIpc) is 2.75. The number of benzene rings is 1. The van der Waals surface area contributed by atoms with Crippen LogP contribution in [-0.2, 0) is 17.6 Å². The Bertz CT molecular complexity index is 679. The highest BCUT2D eigenvalue weighted by molar-refractivity contribution is 5.89. The Morgan fingerprint density at radius 3 is 2.50 bits per heavy atom. The van der Waals surface area contributed by atoms with Crippen LogP contribution < -0.4 is 0 Å². The number of fused-ring (bicyclic) bond motifs is 2. The number of ether oxygens (including phenoxy) is 1. The van der Waals surface area contributed by atoms with E-state index in [9.17, 15) is 4.79 Å². The van der Waals surface area contributed by atoms with Crippen LogP contribution in [0.2, 0.25) is 0 Å². The highest BCUT2D eigenvalue weighted by Crippen LogP contribution is 2.49. The number of unbranched alkanes of at least 4 members (excludes halogenated alkanes) is 1. The molecule has 2 nitrogen and oxygen atoms in total. The van der Waals surface area contributed by atoms with E-state index in [1.807, 2.05) is 6.07 Å². The summed E-state index contributed by atoms with van der Waals surface area (Å²) >= 11 is 0. The lowest BCUT2D eigenvalue weighted by atomic mass is 9.61. The number of hydrogen-bond acceptors (Lipinski definition) is 2. The maximum Gasteiger partial charge on any atom is 0.337 e. The summed E-state index contributed by atoms with van der Waals surface area (Å²) < 4.78 is 4.88. The van der Waals surface area contributed by atoms with Crippen LogP contribution in [0.1, 0.15) is 92.6 Å². The Morgan fingerprint density at radius 2 is 1.71 bits per heavy atom. The van der Waals surface area contributed by atoms with Crippen molar-refractivity contribution in [1.82, 2.24) is 0 Å². The highest BCUT2D eigenvalue weighted by Gasteiger charge is 2.38. The van der Waals surface area contributed by atoms with Crippen molar-refractivity contribution in [3.05, 3.63) is 34.9 Å². The first-order valence-electron chi connectivity index (χ1n) is 11.9. The number of aryl methyl sites for hydroxylation is 1. The number of carbonyl (C=O) groups is 1. The lowest BCUT2D eigenvalue weighted by Gasteiger charge is -2.45. The molecule has 0 aromatic heterocycles. The van der Waals surface area contributed by atoms with Crippen LogP contribution in [0.25, 0.3) is 0 Å². The largest absolute Gasteiger partial charge is 0.465 e. The normalized spacial score (nSPS) is 32.3. The van der Waals surface area contributed by atoms with Crippen molar-refractivity contribution >= 4 is 5.97 Å². The van der Waals surface area contributed by atoms with Crippen LogP contribution in [0.4, 0.5) is 0 Å². The monoisotopic (exact) mass is 382 g/mol. The van der Waals surface area contributed by atoms with Crippen LogP contribution in [0.5, 0.6) is 0 Å². The van der Waals surface area contributed by atoms with Crippen molar-refractivity contribution in [2.75, 3.05) is 7.11 Å². The number of rotatable bonds is 5. The molecule has 2 heteroatoms. The van der Waals surface area contributed by atoms with Crippen LogP contribution in [0.15, 0.2) is 18.2 Å². The Labute approximate surface area is 171 Å². The van der Waals surface area contributed by atoms with E-state index in [2.05, 4.69) is 19.1 Å². The molecule has 3 aliphatic rings. The van der Waals surface area contributed by atoms with Gasteiger partial charge in [0.25, 0.3) is 0 Å². The van der Waals surface area contributed by atoms with E-state index in [0.717, 1.165) is 36.0 Å². The molecule has 0 N–H and O–H groups in total. The molecule has 0 heterocycles. The predicted molar refractivity (Wildman–Crippen MR) is 114 cm³/mol. The minimum atomic E-state index is -0.210.